The molecule has 2 aromatic rings. The number of carboxylic acid groups (broad SMARTS) is 2. The number of aliphatic carboxylic acids is 2. The molecule has 38 heavy (non-hydrogen) atoms. The maximum absolute atomic E-state index is 13.4. The van der Waals surface area contributed by atoms with Gasteiger partial charge in [-0.25, -0.2) is 4.79 Å². The molecule has 1 aliphatic rings. The molecule has 2 amide bonds. The zero-order valence-corrected chi connectivity index (χ0v) is 21.0. The summed E-state index contributed by atoms with van der Waals surface area (Å²) in [6.07, 6.45) is 0.180. The van der Waals surface area contributed by atoms with Crippen LogP contribution in [-0.2, 0) is 41.6 Å². The molecule has 10 nitrogen and oxygen atoms in total. The highest BCUT2D eigenvalue weighted by Crippen LogP contribution is 2.34. The van der Waals surface area contributed by atoms with Gasteiger partial charge in [-0.3, -0.25) is 19.2 Å². The average molecular weight is 525 g/mol. The summed E-state index contributed by atoms with van der Waals surface area (Å²) in [5.74, 6) is -7.02. The number of carboxylic acids is 2. The maximum atomic E-state index is 13.4. The number of amides is 2. The zero-order chi connectivity index (χ0) is 27.7. The van der Waals surface area contributed by atoms with Crippen molar-refractivity contribution in [3.63, 3.8) is 0 Å². The number of carbonyl (C=O) groups excluding carboxylic acids is 3. The number of esters is 1. The molecule has 3 rings (SSSR count). The van der Waals surface area contributed by atoms with Crippen molar-refractivity contribution in [1.82, 2.24) is 10.6 Å². The Kier molecular flexibility index (Phi) is 9.98. The minimum absolute atomic E-state index is 0.0244. The number of hydrogen-bond donors (Lipinski definition) is 4. The van der Waals surface area contributed by atoms with Crippen LogP contribution in [0.15, 0.2) is 60.7 Å². The van der Waals surface area contributed by atoms with Gasteiger partial charge in [-0.2, -0.15) is 0 Å². The first kappa shape index (κ1) is 28.4. The molecular weight excluding hydrogens is 492 g/mol. The van der Waals surface area contributed by atoms with Crippen LogP contribution in [0.25, 0.3) is 0 Å². The first-order valence-corrected chi connectivity index (χ1v) is 12.4. The molecule has 202 valence electrons. The van der Waals surface area contributed by atoms with Gasteiger partial charge in [0.25, 0.3) is 0 Å². The van der Waals surface area contributed by atoms with Gasteiger partial charge in [-0.05, 0) is 30.4 Å². The zero-order valence-electron chi connectivity index (χ0n) is 21.0. The number of rotatable bonds is 11. The van der Waals surface area contributed by atoms with Gasteiger partial charge < -0.3 is 25.6 Å². The van der Waals surface area contributed by atoms with E-state index in [-0.39, 0.29) is 32.1 Å². The Balaban J connectivity index is 1.80. The van der Waals surface area contributed by atoms with Crippen molar-refractivity contribution >= 4 is 29.7 Å². The number of benzene rings is 2. The van der Waals surface area contributed by atoms with Crippen molar-refractivity contribution < 1.29 is 38.9 Å². The van der Waals surface area contributed by atoms with Gasteiger partial charge in [-0.1, -0.05) is 60.7 Å². The number of ether oxygens (including phenoxy) is 1. The first-order valence-electron chi connectivity index (χ1n) is 12.4. The Hall–Kier alpha value is -4.21. The van der Waals surface area contributed by atoms with Crippen LogP contribution in [0.5, 0.6) is 0 Å². The van der Waals surface area contributed by atoms with Crippen LogP contribution in [0, 0.1) is 17.8 Å². The van der Waals surface area contributed by atoms with Crippen LogP contribution in [0.4, 0.5) is 0 Å². The molecule has 1 unspecified atom stereocenters. The third-order valence-corrected chi connectivity index (χ3v) is 6.78. The summed E-state index contributed by atoms with van der Waals surface area (Å²) in [6.45, 7) is 0. The SMILES string of the molecule is COC(=O)[C@H](Cc1ccccc1)NC(=O)[C@H](Cc1ccccc1)NC(=O)C1C[C@@H](C(=O)O)C[C@@H](C(=O)O)C1. The lowest BCUT2D eigenvalue weighted by molar-refractivity contribution is -0.150. The molecule has 2 aromatic carbocycles. The van der Waals surface area contributed by atoms with E-state index in [2.05, 4.69) is 10.6 Å². The Labute approximate surface area is 220 Å². The Morgan fingerprint density at radius 1 is 0.737 bits per heavy atom. The maximum Gasteiger partial charge on any atom is 0.328 e. The third-order valence-electron chi connectivity index (χ3n) is 6.78. The fraction of sp³-hybridized carbons (Fsp3) is 0.393. The predicted octanol–water partition coefficient (Wildman–Crippen LogP) is 1.82. The molecule has 0 radical (unpaired) electrons. The normalized spacial score (nSPS) is 20.4. The minimum atomic E-state index is -1.16. The third kappa shape index (κ3) is 7.89. The standard InChI is InChI=1S/C28H32N2O8/c1-38-28(37)23(13-18-10-6-3-7-11-18)30-25(32)22(12-17-8-4-2-5-9-17)29-24(31)19-14-20(26(33)34)16-21(15-19)27(35)36/h2-11,19-23H,12-16H2,1H3,(H,29,31)(H,30,32)(H,33,34)(H,35,36)/t19?,20-,21+,22-,23-/m0/s1. The van der Waals surface area contributed by atoms with Crippen molar-refractivity contribution in [2.75, 3.05) is 7.11 Å². The van der Waals surface area contributed by atoms with Gasteiger partial charge in [0.2, 0.25) is 11.8 Å². The van der Waals surface area contributed by atoms with Crippen molar-refractivity contribution in [2.45, 2.75) is 44.2 Å². The second-order valence-electron chi connectivity index (χ2n) is 9.50. The van der Waals surface area contributed by atoms with E-state index in [1.54, 1.807) is 24.3 Å². The molecule has 10 heteroatoms. The summed E-state index contributed by atoms with van der Waals surface area (Å²) in [6, 6.07) is 15.9. The van der Waals surface area contributed by atoms with Crippen molar-refractivity contribution in [3.8, 4) is 0 Å². The van der Waals surface area contributed by atoms with Gasteiger partial charge in [0.05, 0.1) is 18.9 Å². The molecule has 0 aliphatic heterocycles. The van der Waals surface area contributed by atoms with Gasteiger partial charge >= 0.3 is 17.9 Å². The molecule has 0 spiro atoms. The Morgan fingerprint density at radius 2 is 1.18 bits per heavy atom. The fourth-order valence-corrected chi connectivity index (χ4v) is 4.74. The predicted molar refractivity (Wildman–Crippen MR) is 136 cm³/mol. The van der Waals surface area contributed by atoms with Crippen molar-refractivity contribution in [2.24, 2.45) is 17.8 Å². The fourth-order valence-electron chi connectivity index (χ4n) is 4.74. The molecule has 1 saturated carbocycles. The quantitative estimate of drug-likeness (QED) is 0.324. The van der Waals surface area contributed by atoms with E-state index in [1.165, 1.54) is 7.11 Å². The second kappa shape index (κ2) is 13.4. The smallest absolute Gasteiger partial charge is 0.328 e. The summed E-state index contributed by atoms with van der Waals surface area (Å²) in [4.78, 5) is 62.3. The number of methoxy groups -OCH3 is 1. The molecule has 1 fully saturated rings. The van der Waals surface area contributed by atoms with Crippen molar-refractivity contribution in [1.29, 1.82) is 0 Å². The summed E-state index contributed by atoms with van der Waals surface area (Å²) >= 11 is 0. The number of nitrogens with one attached hydrogen (secondary N) is 2. The van der Waals surface area contributed by atoms with Crippen LogP contribution in [-0.4, -0.2) is 59.1 Å². The number of carbonyl (C=O) groups is 5. The summed E-state index contributed by atoms with van der Waals surface area (Å²) in [7, 11) is 1.22. The van der Waals surface area contributed by atoms with E-state index in [9.17, 15) is 34.2 Å². The summed E-state index contributed by atoms with van der Waals surface area (Å²) in [5.41, 5.74) is 1.55. The minimum Gasteiger partial charge on any atom is -0.481 e. The molecule has 0 heterocycles. The van der Waals surface area contributed by atoms with E-state index in [0.717, 1.165) is 11.1 Å². The summed E-state index contributed by atoms with van der Waals surface area (Å²) in [5, 5.41) is 24.3. The number of hydrogen-bond acceptors (Lipinski definition) is 6. The van der Waals surface area contributed by atoms with Gasteiger partial charge in [0.15, 0.2) is 0 Å². The summed E-state index contributed by atoms with van der Waals surface area (Å²) < 4.78 is 4.88. The largest absolute Gasteiger partial charge is 0.481 e. The monoisotopic (exact) mass is 524 g/mol. The molecular formula is C28H32N2O8. The lowest BCUT2D eigenvalue weighted by Crippen LogP contribution is -2.54. The van der Waals surface area contributed by atoms with Gasteiger partial charge in [-0.15, -0.1) is 0 Å². The van der Waals surface area contributed by atoms with E-state index in [4.69, 9.17) is 4.74 Å². The molecule has 0 bridgehead atoms. The molecule has 1 aliphatic carbocycles. The highest BCUT2D eigenvalue weighted by molar-refractivity contribution is 5.92. The van der Waals surface area contributed by atoms with Crippen molar-refractivity contribution in [3.05, 3.63) is 71.8 Å². The van der Waals surface area contributed by atoms with Crippen LogP contribution in [0.3, 0.4) is 0 Å². The Morgan fingerprint density at radius 3 is 1.63 bits per heavy atom. The van der Waals surface area contributed by atoms with Crippen LogP contribution in [0.1, 0.15) is 30.4 Å². The van der Waals surface area contributed by atoms with Crippen LogP contribution < -0.4 is 10.6 Å². The van der Waals surface area contributed by atoms with E-state index < -0.39 is 59.6 Å². The van der Waals surface area contributed by atoms with E-state index in [1.807, 2.05) is 36.4 Å². The van der Waals surface area contributed by atoms with E-state index >= 15 is 0 Å². The molecule has 4 N–H and O–H groups in total. The highest BCUT2D eigenvalue weighted by atomic mass is 16.5. The molecule has 0 aromatic heterocycles. The van der Waals surface area contributed by atoms with Gasteiger partial charge in [0, 0.05) is 18.8 Å². The lowest BCUT2D eigenvalue weighted by Gasteiger charge is -2.31. The average Bonchev–Trinajstić information content (AvgIpc) is 2.92. The Bertz CT molecular complexity index is 1120. The molecule has 5 atom stereocenters. The topological polar surface area (TPSA) is 159 Å². The van der Waals surface area contributed by atoms with Gasteiger partial charge in [0.1, 0.15) is 12.1 Å². The second-order valence-corrected chi connectivity index (χ2v) is 9.50. The first-order chi connectivity index (χ1) is 18.2. The van der Waals surface area contributed by atoms with E-state index in [0.29, 0.717) is 0 Å². The van der Waals surface area contributed by atoms with Crippen LogP contribution >= 0.6 is 0 Å². The lowest BCUT2D eigenvalue weighted by atomic mass is 9.74. The highest BCUT2D eigenvalue weighted by Gasteiger charge is 2.40. The molecule has 0 saturated heterocycles. The van der Waals surface area contributed by atoms with Crippen LogP contribution in [0.2, 0.25) is 0 Å².